The lowest BCUT2D eigenvalue weighted by Gasteiger charge is -2.32. The first-order valence-electron chi connectivity index (χ1n) is 6.85. The minimum Gasteiger partial charge on any atom is -0.378 e. The Kier molecular flexibility index (Phi) is 4.43. The van der Waals surface area contributed by atoms with Gasteiger partial charge in [-0.15, -0.1) is 0 Å². The largest absolute Gasteiger partial charge is 0.378 e. The highest BCUT2D eigenvalue weighted by atomic mass is 16.2. The molecule has 1 heterocycles. The number of amides is 1. The van der Waals surface area contributed by atoms with Gasteiger partial charge in [0.25, 0.3) is 5.91 Å². The summed E-state index contributed by atoms with van der Waals surface area (Å²) in [5.74, 6) is 0.151. The van der Waals surface area contributed by atoms with Crippen molar-refractivity contribution in [3.05, 3.63) is 29.8 Å². The number of carbonyl (C=O) groups excluding carboxylic acids is 1. The Bertz CT molecular complexity index is 437. The molecule has 19 heavy (non-hydrogen) atoms. The number of hydrogen-bond donors (Lipinski definition) is 1. The van der Waals surface area contributed by atoms with Gasteiger partial charge in [-0.2, -0.15) is 0 Å². The molecule has 0 bridgehead atoms. The highest BCUT2D eigenvalue weighted by Crippen LogP contribution is 2.17. The van der Waals surface area contributed by atoms with Gasteiger partial charge in [0.15, 0.2) is 0 Å². The van der Waals surface area contributed by atoms with Crippen molar-refractivity contribution in [2.75, 3.05) is 39.1 Å². The predicted octanol–water partition coefficient (Wildman–Crippen LogP) is 1.58. The molecule has 0 spiro atoms. The Morgan fingerprint density at radius 3 is 2.58 bits per heavy atom. The molecule has 0 aromatic heterocycles. The predicted molar refractivity (Wildman–Crippen MR) is 78.8 cm³/mol. The maximum Gasteiger partial charge on any atom is 0.253 e. The number of piperidine rings is 1. The number of rotatable bonds is 3. The molecule has 1 N–H and O–H groups in total. The van der Waals surface area contributed by atoms with Crippen LogP contribution in [0.1, 0.15) is 23.2 Å². The second-order valence-corrected chi connectivity index (χ2v) is 5.30. The van der Waals surface area contributed by atoms with E-state index in [1.165, 1.54) is 0 Å². The molecule has 1 amide bonds. The number of carbonyl (C=O) groups is 1. The normalized spacial score (nSPS) is 16.5. The zero-order chi connectivity index (χ0) is 13.8. The van der Waals surface area contributed by atoms with Crippen molar-refractivity contribution in [1.82, 2.24) is 10.2 Å². The molecule has 1 aromatic rings. The van der Waals surface area contributed by atoms with Crippen LogP contribution in [0.5, 0.6) is 0 Å². The zero-order valence-corrected chi connectivity index (χ0v) is 12.0. The minimum absolute atomic E-state index is 0.151. The molecule has 2 rings (SSSR count). The molecule has 1 aliphatic heterocycles. The Hall–Kier alpha value is -1.55. The van der Waals surface area contributed by atoms with Crippen LogP contribution in [0.4, 0.5) is 5.69 Å². The van der Waals surface area contributed by atoms with E-state index in [9.17, 15) is 4.79 Å². The molecule has 0 atom stereocenters. The molecule has 0 unspecified atom stereocenters. The van der Waals surface area contributed by atoms with E-state index in [1.54, 1.807) is 0 Å². The topological polar surface area (TPSA) is 35.6 Å². The van der Waals surface area contributed by atoms with Crippen LogP contribution in [0, 0.1) is 0 Å². The van der Waals surface area contributed by atoms with Crippen LogP contribution in [0.25, 0.3) is 0 Å². The fourth-order valence-corrected chi connectivity index (χ4v) is 2.47. The molecule has 1 fully saturated rings. The van der Waals surface area contributed by atoms with Gasteiger partial charge >= 0.3 is 0 Å². The monoisotopic (exact) mass is 261 g/mol. The summed E-state index contributed by atoms with van der Waals surface area (Å²) < 4.78 is 0. The van der Waals surface area contributed by atoms with Gasteiger partial charge in [-0.25, -0.2) is 0 Å². The van der Waals surface area contributed by atoms with Crippen LogP contribution in [0.15, 0.2) is 24.3 Å². The molecular weight excluding hydrogens is 238 g/mol. The van der Waals surface area contributed by atoms with Crippen LogP contribution in [0.3, 0.4) is 0 Å². The van der Waals surface area contributed by atoms with Gasteiger partial charge in [0, 0.05) is 44.5 Å². The third-order valence-electron chi connectivity index (χ3n) is 3.80. The lowest BCUT2D eigenvalue weighted by Crippen LogP contribution is -2.43. The standard InChI is InChI=1S/C15H23N3O/c1-16-13-7-9-18(10-8-13)15(19)12-5-4-6-14(11-12)17(2)3/h4-6,11,13,16H,7-10H2,1-3H3. The first kappa shape index (κ1) is 13.9. The van der Waals surface area contributed by atoms with E-state index in [4.69, 9.17) is 0 Å². The minimum atomic E-state index is 0.151. The third-order valence-corrected chi connectivity index (χ3v) is 3.80. The second kappa shape index (κ2) is 6.06. The second-order valence-electron chi connectivity index (χ2n) is 5.30. The summed E-state index contributed by atoms with van der Waals surface area (Å²) in [4.78, 5) is 16.4. The fraction of sp³-hybridized carbons (Fsp3) is 0.533. The molecule has 4 heteroatoms. The van der Waals surface area contributed by atoms with E-state index in [-0.39, 0.29) is 5.91 Å². The van der Waals surface area contributed by atoms with E-state index >= 15 is 0 Å². The summed E-state index contributed by atoms with van der Waals surface area (Å²) in [6.07, 6.45) is 2.07. The Labute approximate surface area is 115 Å². The quantitative estimate of drug-likeness (QED) is 0.897. The van der Waals surface area contributed by atoms with Crippen molar-refractivity contribution >= 4 is 11.6 Å². The van der Waals surface area contributed by atoms with Gasteiger partial charge in [0.2, 0.25) is 0 Å². The number of hydrogen-bond acceptors (Lipinski definition) is 3. The first-order chi connectivity index (χ1) is 9.11. The highest BCUT2D eigenvalue weighted by molar-refractivity contribution is 5.95. The summed E-state index contributed by atoms with van der Waals surface area (Å²) in [5, 5.41) is 3.28. The summed E-state index contributed by atoms with van der Waals surface area (Å²) in [7, 11) is 5.96. The summed E-state index contributed by atoms with van der Waals surface area (Å²) >= 11 is 0. The molecule has 0 radical (unpaired) electrons. The summed E-state index contributed by atoms with van der Waals surface area (Å²) in [5.41, 5.74) is 1.85. The lowest BCUT2D eigenvalue weighted by molar-refractivity contribution is 0.0707. The van der Waals surface area contributed by atoms with Crippen molar-refractivity contribution in [2.24, 2.45) is 0 Å². The Morgan fingerprint density at radius 1 is 1.32 bits per heavy atom. The van der Waals surface area contributed by atoms with E-state index < -0.39 is 0 Å². The number of likely N-dealkylation sites (tertiary alicyclic amines) is 1. The van der Waals surface area contributed by atoms with E-state index in [0.29, 0.717) is 6.04 Å². The molecule has 0 saturated carbocycles. The van der Waals surface area contributed by atoms with Crippen molar-refractivity contribution in [1.29, 1.82) is 0 Å². The number of anilines is 1. The van der Waals surface area contributed by atoms with Crippen molar-refractivity contribution in [2.45, 2.75) is 18.9 Å². The number of benzene rings is 1. The Balaban J connectivity index is 2.06. The van der Waals surface area contributed by atoms with Gasteiger partial charge in [0.05, 0.1) is 0 Å². The summed E-state index contributed by atoms with van der Waals surface area (Å²) in [6.45, 7) is 1.69. The Morgan fingerprint density at radius 2 is 2.00 bits per heavy atom. The molecule has 0 aliphatic carbocycles. The highest BCUT2D eigenvalue weighted by Gasteiger charge is 2.22. The van der Waals surface area contributed by atoms with Crippen LogP contribution >= 0.6 is 0 Å². The molecular formula is C15H23N3O. The fourth-order valence-electron chi connectivity index (χ4n) is 2.47. The van der Waals surface area contributed by atoms with Gasteiger partial charge in [-0.05, 0) is 38.1 Å². The van der Waals surface area contributed by atoms with Crippen LogP contribution in [-0.2, 0) is 0 Å². The molecule has 1 saturated heterocycles. The average molecular weight is 261 g/mol. The van der Waals surface area contributed by atoms with Gasteiger partial charge in [-0.3, -0.25) is 4.79 Å². The lowest BCUT2D eigenvalue weighted by atomic mass is 10.0. The van der Waals surface area contributed by atoms with Gasteiger partial charge in [0.1, 0.15) is 0 Å². The van der Waals surface area contributed by atoms with E-state index in [1.807, 2.05) is 55.2 Å². The van der Waals surface area contributed by atoms with Crippen LogP contribution in [-0.4, -0.2) is 51.1 Å². The van der Waals surface area contributed by atoms with Crippen LogP contribution in [0.2, 0.25) is 0 Å². The van der Waals surface area contributed by atoms with Crippen molar-refractivity contribution in [3.8, 4) is 0 Å². The van der Waals surface area contributed by atoms with Crippen molar-refractivity contribution in [3.63, 3.8) is 0 Å². The van der Waals surface area contributed by atoms with Gasteiger partial charge < -0.3 is 15.1 Å². The number of nitrogens with zero attached hydrogens (tertiary/aromatic N) is 2. The van der Waals surface area contributed by atoms with E-state index in [2.05, 4.69) is 5.32 Å². The molecule has 4 nitrogen and oxygen atoms in total. The van der Waals surface area contributed by atoms with E-state index in [0.717, 1.165) is 37.2 Å². The zero-order valence-electron chi connectivity index (χ0n) is 12.0. The van der Waals surface area contributed by atoms with Crippen molar-refractivity contribution < 1.29 is 4.79 Å². The smallest absolute Gasteiger partial charge is 0.253 e. The molecule has 1 aromatic carbocycles. The number of nitrogens with one attached hydrogen (secondary N) is 1. The SMILES string of the molecule is CNC1CCN(C(=O)c2cccc(N(C)C)c2)CC1. The van der Waals surface area contributed by atoms with Crippen LogP contribution < -0.4 is 10.2 Å². The molecule has 104 valence electrons. The maximum absolute atomic E-state index is 12.5. The average Bonchev–Trinajstić information content (AvgIpc) is 2.46. The first-order valence-corrected chi connectivity index (χ1v) is 6.85. The summed E-state index contributed by atoms with van der Waals surface area (Å²) in [6, 6.07) is 8.39. The van der Waals surface area contributed by atoms with Gasteiger partial charge in [-0.1, -0.05) is 6.07 Å². The maximum atomic E-state index is 12.5. The molecule has 1 aliphatic rings. The third kappa shape index (κ3) is 3.26.